The van der Waals surface area contributed by atoms with Gasteiger partial charge in [-0.1, -0.05) is 84.4 Å². The monoisotopic (exact) mass is 655 g/mol. The minimum absolute atomic E-state index is 0.00720. The first-order chi connectivity index (χ1) is 21.8. The molecular weight excluding hydrogens is 602 g/mol. The molecule has 3 amide bonds. The number of rotatable bonds is 15. The van der Waals surface area contributed by atoms with Gasteiger partial charge in [-0.05, 0) is 31.7 Å². The second-order valence-electron chi connectivity index (χ2n) is 13.6. The topological polar surface area (TPSA) is 148 Å². The Morgan fingerprint density at radius 1 is 1.00 bits per heavy atom. The van der Waals surface area contributed by atoms with Crippen molar-refractivity contribution in [2.24, 2.45) is 11.3 Å². The van der Waals surface area contributed by atoms with Gasteiger partial charge in [-0.15, -0.1) is 0 Å². The zero-order valence-electron chi connectivity index (χ0n) is 29.9. The van der Waals surface area contributed by atoms with Crippen LogP contribution in [0.2, 0.25) is 0 Å². The van der Waals surface area contributed by atoms with Crippen LogP contribution in [0.4, 0.5) is 5.69 Å². The number of nitrogens with one attached hydrogen (secondary N) is 3. The number of ether oxygens (including phenoxy) is 2. The molecule has 0 heterocycles. The fourth-order valence-electron chi connectivity index (χ4n) is 5.30. The summed E-state index contributed by atoms with van der Waals surface area (Å²) < 4.78 is 9.42. The molecule has 12 nitrogen and oxygen atoms in total. The van der Waals surface area contributed by atoms with Crippen LogP contribution < -0.4 is 16.0 Å². The van der Waals surface area contributed by atoms with Crippen LogP contribution in [0.3, 0.4) is 0 Å². The largest absolute Gasteiger partial charge is 0.469 e. The molecule has 47 heavy (non-hydrogen) atoms. The molecule has 0 saturated heterocycles. The standard InChI is InChI=1S/C35H53N5O7/c1-21(2)26(19-22(3)30(42)38-25(33(45)47-13)17-18-27(41)46-12)40(11)32(44)29(34(4,5)6)39-31(43)28(37-10)35(7,8)23-15-14-16-24(20-23)36-9/h14-16,19-21,25-26,28-29,37H,17-18H2,1-8,10-13H3,(H,38,42)(H,39,43)/b22-19+/t25-,26-,28-,29-/m1/s1. The number of esters is 2. The van der Waals surface area contributed by atoms with Crippen LogP contribution in [0, 0.1) is 17.9 Å². The SMILES string of the molecule is [C-]#[N+]c1cccc(C(C)(C)[C@H](NC)C(=O)N[C@H](C(=O)N(C)[C@H](/C=C(\C)C(=O)N[C@H](CCC(=O)OC)C(=O)OC)C(C)C)C(C)(C)C)c1. The zero-order valence-corrected chi connectivity index (χ0v) is 29.9. The van der Waals surface area contributed by atoms with Gasteiger partial charge in [0.15, 0.2) is 5.69 Å². The van der Waals surface area contributed by atoms with Crippen molar-refractivity contribution in [3.05, 3.63) is 52.9 Å². The lowest BCUT2D eigenvalue weighted by Gasteiger charge is -2.40. The van der Waals surface area contributed by atoms with E-state index in [2.05, 4.69) is 25.5 Å². The zero-order chi connectivity index (χ0) is 36.3. The first-order valence-corrected chi connectivity index (χ1v) is 15.6. The van der Waals surface area contributed by atoms with Crippen LogP contribution in [0.1, 0.15) is 73.8 Å². The highest BCUT2D eigenvalue weighted by molar-refractivity contribution is 5.96. The lowest BCUT2D eigenvalue weighted by molar-refractivity contribution is -0.146. The van der Waals surface area contributed by atoms with Gasteiger partial charge in [0.1, 0.15) is 12.1 Å². The van der Waals surface area contributed by atoms with E-state index in [0.29, 0.717) is 5.69 Å². The lowest BCUT2D eigenvalue weighted by atomic mass is 9.76. The molecule has 0 radical (unpaired) electrons. The van der Waals surface area contributed by atoms with Crippen molar-refractivity contribution < 1.29 is 33.4 Å². The van der Waals surface area contributed by atoms with E-state index in [0.717, 1.165) is 5.56 Å². The Labute approximate surface area is 279 Å². The second-order valence-corrected chi connectivity index (χ2v) is 13.6. The average molecular weight is 656 g/mol. The summed E-state index contributed by atoms with van der Waals surface area (Å²) in [6, 6.07) is 3.85. The quantitative estimate of drug-likeness (QED) is 0.147. The van der Waals surface area contributed by atoms with Crippen LogP contribution in [0.25, 0.3) is 4.85 Å². The highest BCUT2D eigenvalue weighted by atomic mass is 16.5. The number of benzene rings is 1. The highest BCUT2D eigenvalue weighted by Crippen LogP contribution is 2.31. The molecule has 12 heteroatoms. The summed E-state index contributed by atoms with van der Waals surface area (Å²) >= 11 is 0. The van der Waals surface area contributed by atoms with Crippen molar-refractivity contribution >= 4 is 35.3 Å². The molecule has 1 aromatic carbocycles. The Kier molecular flexibility index (Phi) is 15.3. The third-order valence-electron chi connectivity index (χ3n) is 8.30. The predicted molar refractivity (Wildman–Crippen MR) is 180 cm³/mol. The van der Waals surface area contributed by atoms with Crippen molar-refractivity contribution in [1.82, 2.24) is 20.9 Å². The van der Waals surface area contributed by atoms with E-state index in [9.17, 15) is 24.0 Å². The van der Waals surface area contributed by atoms with Crippen molar-refractivity contribution in [2.45, 2.75) is 97.8 Å². The number of hydrogen-bond acceptors (Lipinski definition) is 8. The number of nitrogens with zero attached hydrogens (tertiary/aromatic N) is 2. The Hall–Kier alpha value is -4.24. The predicted octanol–water partition coefficient (Wildman–Crippen LogP) is 3.67. The number of hydrogen-bond donors (Lipinski definition) is 3. The van der Waals surface area contributed by atoms with Crippen LogP contribution in [-0.4, -0.2) is 87.0 Å². The molecule has 0 aliphatic rings. The van der Waals surface area contributed by atoms with E-state index < -0.39 is 52.8 Å². The van der Waals surface area contributed by atoms with E-state index in [-0.39, 0.29) is 36.1 Å². The van der Waals surface area contributed by atoms with Gasteiger partial charge < -0.3 is 30.3 Å². The van der Waals surface area contributed by atoms with Crippen LogP contribution in [0.5, 0.6) is 0 Å². The Morgan fingerprint density at radius 2 is 1.62 bits per heavy atom. The normalized spacial score (nSPS) is 14.6. The molecule has 1 aromatic rings. The van der Waals surface area contributed by atoms with Gasteiger partial charge in [0.05, 0.1) is 32.9 Å². The average Bonchev–Trinajstić information content (AvgIpc) is 3.02. The summed E-state index contributed by atoms with van der Waals surface area (Å²) in [6.45, 7) is 22.2. The smallest absolute Gasteiger partial charge is 0.328 e. The summed E-state index contributed by atoms with van der Waals surface area (Å²) in [5, 5.41) is 8.71. The molecule has 0 bridgehead atoms. The van der Waals surface area contributed by atoms with Crippen molar-refractivity contribution in [2.75, 3.05) is 28.3 Å². The van der Waals surface area contributed by atoms with E-state index in [4.69, 9.17) is 11.3 Å². The summed E-state index contributed by atoms with van der Waals surface area (Å²) in [4.78, 5) is 70.1. The van der Waals surface area contributed by atoms with Gasteiger partial charge in [-0.3, -0.25) is 19.2 Å². The third kappa shape index (κ3) is 11.2. The fraction of sp³-hybridized carbons (Fsp3) is 0.600. The Balaban J connectivity index is 3.33. The molecule has 3 N–H and O–H groups in total. The highest BCUT2D eigenvalue weighted by Gasteiger charge is 2.41. The summed E-state index contributed by atoms with van der Waals surface area (Å²) in [7, 11) is 5.73. The molecule has 0 aromatic heterocycles. The lowest BCUT2D eigenvalue weighted by Crippen LogP contribution is -2.61. The van der Waals surface area contributed by atoms with Gasteiger partial charge in [0, 0.05) is 24.5 Å². The maximum atomic E-state index is 14.1. The van der Waals surface area contributed by atoms with Crippen LogP contribution >= 0.6 is 0 Å². The second kappa shape index (κ2) is 17.6. The van der Waals surface area contributed by atoms with Gasteiger partial charge in [-0.25, -0.2) is 9.64 Å². The van der Waals surface area contributed by atoms with E-state index in [1.165, 1.54) is 19.1 Å². The Morgan fingerprint density at radius 3 is 2.11 bits per heavy atom. The third-order valence-corrected chi connectivity index (χ3v) is 8.30. The van der Waals surface area contributed by atoms with E-state index in [1.54, 1.807) is 45.3 Å². The first-order valence-electron chi connectivity index (χ1n) is 15.6. The molecule has 0 fully saturated rings. The number of likely N-dealkylation sites (N-methyl/N-ethyl adjacent to an activating group) is 2. The number of methoxy groups -OCH3 is 2. The van der Waals surface area contributed by atoms with Gasteiger partial charge in [0.25, 0.3) is 0 Å². The van der Waals surface area contributed by atoms with Crippen LogP contribution in [0.15, 0.2) is 35.9 Å². The molecule has 0 unspecified atom stereocenters. The van der Waals surface area contributed by atoms with Crippen molar-refractivity contribution in [1.29, 1.82) is 0 Å². The summed E-state index contributed by atoms with van der Waals surface area (Å²) in [5.41, 5.74) is 0.108. The van der Waals surface area contributed by atoms with Gasteiger partial charge in [0.2, 0.25) is 17.7 Å². The Bertz CT molecular complexity index is 1360. The van der Waals surface area contributed by atoms with Crippen molar-refractivity contribution in [3.63, 3.8) is 0 Å². The molecule has 0 aliphatic heterocycles. The maximum absolute atomic E-state index is 14.1. The molecule has 0 aliphatic carbocycles. The molecule has 260 valence electrons. The molecule has 0 spiro atoms. The van der Waals surface area contributed by atoms with E-state index >= 15 is 0 Å². The number of carbonyl (C=O) groups excluding carboxylic acids is 5. The minimum Gasteiger partial charge on any atom is -0.469 e. The van der Waals surface area contributed by atoms with Gasteiger partial charge in [-0.2, -0.15) is 0 Å². The molecule has 4 atom stereocenters. The first kappa shape index (κ1) is 40.8. The molecule has 0 saturated carbocycles. The van der Waals surface area contributed by atoms with Gasteiger partial charge >= 0.3 is 11.9 Å². The molecular formula is C35H53N5O7. The fourth-order valence-corrected chi connectivity index (χ4v) is 5.30. The number of carbonyl (C=O) groups is 5. The summed E-state index contributed by atoms with van der Waals surface area (Å²) in [5.74, 6) is -2.63. The van der Waals surface area contributed by atoms with E-state index in [1.807, 2.05) is 54.5 Å². The molecule has 1 rings (SSSR count). The minimum atomic E-state index is -1.07. The van der Waals surface area contributed by atoms with Crippen molar-refractivity contribution in [3.8, 4) is 0 Å². The van der Waals surface area contributed by atoms with Crippen LogP contribution in [-0.2, 0) is 38.9 Å². The maximum Gasteiger partial charge on any atom is 0.328 e. The number of amides is 3. The summed E-state index contributed by atoms with van der Waals surface area (Å²) in [6.07, 6.45) is 1.55.